The molecule has 0 amide bonds. The molecule has 0 saturated heterocycles. The van der Waals surface area contributed by atoms with Crippen LogP contribution in [0.4, 0.5) is 0 Å². The highest BCUT2D eigenvalue weighted by molar-refractivity contribution is 9.10. The summed E-state index contributed by atoms with van der Waals surface area (Å²) < 4.78 is 6.55. The summed E-state index contributed by atoms with van der Waals surface area (Å²) in [6, 6.07) is 5.93. The first kappa shape index (κ1) is 12.1. The van der Waals surface area contributed by atoms with Crippen LogP contribution in [-0.2, 0) is 6.54 Å². The Kier molecular flexibility index (Phi) is 5.23. The number of nitrogens with one attached hydrogen (secondary N) is 1. The van der Waals surface area contributed by atoms with Crippen molar-refractivity contribution in [1.29, 1.82) is 0 Å². The molecule has 1 rings (SSSR count). The van der Waals surface area contributed by atoms with Gasteiger partial charge < -0.3 is 10.1 Å². The smallest absolute Gasteiger partial charge is 0.149 e. The normalized spacial score (nSPS) is 9.27. The third-order valence-corrected chi connectivity index (χ3v) is 2.65. The Hall–Kier alpha value is -0.980. The number of hydrogen-bond donors (Lipinski definition) is 1. The van der Waals surface area contributed by atoms with Gasteiger partial charge in [0.25, 0.3) is 0 Å². The molecule has 1 N–H and O–H groups in total. The average Bonchev–Trinajstić information content (AvgIpc) is 2.23. The summed E-state index contributed by atoms with van der Waals surface area (Å²) in [7, 11) is 1.92. The minimum absolute atomic E-state index is 0.442. The molecule has 2 nitrogen and oxygen atoms in total. The quantitative estimate of drug-likeness (QED) is 0.847. The van der Waals surface area contributed by atoms with Gasteiger partial charge in [0.05, 0.1) is 0 Å². The molecule has 0 saturated carbocycles. The van der Waals surface area contributed by atoms with Gasteiger partial charge in [-0.15, -0.1) is 5.92 Å². The van der Waals surface area contributed by atoms with Crippen molar-refractivity contribution < 1.29 is 4.74 Å². The van der Waals surface area contributed by atoms with E-state index >= 15 is 0 Å². The van der Waals surface area contributed by atoms with Crippen molar-refractivity contribution in [1.82, 2.24) is 5.32 Å². The third-order valence-electron chi connectivity index (χ3n) is 1.87. The van der Waals surface area contributed by atoms with E-state index in [2.05, 4.69) is 33.1 Å². The maximum Gasteiger partial charge on any atom is 0.149 e. The Labute approximate surface area is 99.2 Å². The van der Waals surface area contributed by atoms with Crippen molar-refractivity contribution in [3.63, 3.8) is 0 Å². The molecule has 0 aliphatic rings. The molecule has 3 heteroatoms. The van der Waals surface area contributed by atoms with Crippen LogP contribution in [-0.4, -0.2) is 13.7 Å². The standard InChI is InChI=1S/C12H14BrNO/c1-3-4-7-15-11-5-6-12(13)10(8-11)9-14-2/h5-6,8,14H,7,9H2,1-2H3. The van der Waals surface area contributed by atoms with Gasteiger partial charge in [-0.3, -0.25) is 0 Å². The number of ether oxygens (including phenoxy) is 1. The van der Waals surface area contributed by atoms with E-state index in [1.165, 1.54) is 5.56 Å². The maximum absolute atomic E-state index is 5.47. The molecule has 0 radical (unpaired) electrons. The molecule has 0 unspecified atom stereocenters. The molecule has 0 aliphatic heterocycles. The monoisotopic (exact) mass is 267 g/mol. The number of rotatable bonds is 4. The van der Waals surface area contributed by atoms with Crippen LogP contribution in [0.2, 0.25) is 0 Å². The van der Waals surface area contributed by atoms with Gasteiger partial charge in [-0.05, 0) is 37.7 Å². The second-order valence-corrected chi connectivity index (χ2v) is 3.85. The summed E-state index contributed by atoms with van der Waals surface area (Å²) >= 11 is 3.49. The lowest BCUT2D eigenvalue weighted by molar-refractivity contribution is 0.369. The molecule has 15 heavy (non-hydrogen) atoms. The first-order chi connectivity index (χ1) is 7.27. The lowest BCUT2D eigenvalue weighted by Crippen LogP contribution is -2.06. The predicted octanol–water partition coefficient (Wildman–Crippen LogP) is 2.57. The zero-order chi connectivity index (χ0) is 11.1. The Bertz CT molecular complexity index is 379. The summed E-state index contributed by atoms with van der Waals surface area (Å²) in [6.07, 6.45) is 0. The largest absolute Gasteiger partial charge is 0.481 e. The SMILES string of the molecule is CC#CCOc1ccc(Br)c(CNC)c1. The molecule has 0 aromatic heterocycles. The molecule has 0 spiro atoms. The van der Waals surface area contributed by atoms with Crippen LogP contribution in [0.5, 0.6) is 5.75 Å². The molecule has 1 aromatic rings. The molecule has 1 aromatic carbocycles. The van der Waals surface area contributed by atoms with E-state index in [9.17, 15) is 0 Å². The zero-order valence-electron chi connectivity index (χ0n) is 8.93. The first-order valence-electron chi connectivity index (χ1n) is 4.73. The lowest BCUT2D eigenvalue weighted by Gasteiger charge is -2.07. The van der Waals surface area contributed by atoms with Crippen molar-refractivity contribution in [2.45, 2.75) is 13.5 Å². The molecule has 80 valence electrons. The number of halogens is 1. The summed E-state index contributed by atoms with van der Waals surface area (Å²) in [5, 5.41) is 3.11. The highest BCUT2D eigenvalue weighted by Gasteiger charge is 2.00. The van der Waals surface area contributed by atoms with E-state index in [0.717, 1.165) is 16.8 Å². The van der Waals surface area contributed by atoms with E-state index in [-0.39, 0.29) is 0 Å². The second-order valence-electron chi connectivity index (χ2n) is 3.00. The second kappa shape index (κ2) is 6.49. The van der Waals surface area contributed by atoms with Gasteiger partial charge in [0, 0.05) is 11.0 Å². The van der Waals surface area contributed by atoms with Crippen molar-refractivity contribution in [3.05, 3.63) is 28.2 Å². The van der Waals surface area contributed by atoms with Gasteiger partial charge in [-0.1, -0.05) is 21.9 Å². The Morgan fingerprint density at radius 3 is 2.93 bits per heavy atom. The van der Waals surface area contributed by atoms with E-state index in [1.807, 2.05) is 25.2 Å². The summed E-state index contributed by atoms with van der Waals surface area (Å²) in [5.41, 5.74) is 1.18. The van der Waals surface area contributed by atoms with Crippen LogP contribution < -0.4 is 10.1 Å². The van der Waals surface area contributed by atoms with E-state index < -0.39 is 0 Å². The fraction of sp³-hybridized carbons (Fsp3) is 0.333. The highest BCUT2D eigenvalue weighted by atomic mass is 79.9. The predicted molar refractivity (Wildman–Crippen MR) is 65.9 cm³/mol. The molecule has 0 aliphatic carbocycles. The van der Waals surface area contributed by atoms with Gasteiger partial charge in [-0.25, -0.2) is 0 Å². The van der Waals surface area contributed by atoms with Crippen LogP contribution in [0, 0.1) is 11.8 Å². The number of hydrogen-bond acceptors (Lipinski definition) is 2. The Morgan fingerprint density at radius 2 is 2.27 bits per heavy atom. The molecule has 0 heterocycles. The first-order valence-corrected chi connectivity index (χ1v) is 5.52. The molecule has 0 atom stereocenters. The summed E-state index contributed by atoms with van der Waals surface area (Å²) in [5.74, 6) is 6.51. The van der Waals surface area contributed by atoms with Gasteiger partial charge in [-0.2, -0.15) is 0 Å². The van der Waals surface area contributed by atoms with Crippen LogP contribution in [0.3, 0.4) is 0 Å². The van der Waals surface area contributed by atoms with E-state index in [1.54, 1.807) is 6.92 Å². The average molecular weight is 268 g/mol. The van der Waals surface area contributed by atoms with Crippen LogP contribution in [0.25, 0.3) is 0 Å². The summed E-state index contributed by atoms with van der Waals surface area (Å²) in [6.45, 7) is 3.06. The molecular formula is C12H14BrNO. The Balaban J connectivity index is 2.71. The van der Waals surface area contributed by atoms with Gasteiger partial charge in [0.15, 0.2) is 0 Å². The highest BCUT2D eigenvalue weighted by Crippen LogP contribution is 2.22. The van der Waals surface area contributed by atoms with Crippen LogP contribution >= 0.6 is 15.9 Å². The van der Waals surface area contributed by atoms with Gasteiger partial charge >= 0.3 is 0 Å². The van der Waals surface area contributed by atoms with Crippen LogP contribution in [0.15, 0.2) is 22.7 Å². The molecule has 0 fully saturated rings. The minimum Gasteiger partial charge on any atom is -0.481 e. The molecular weight excluding hydrogens is 254 g/mol. The minimum atomic E-state index is 0.442. The topological polar surface area (TPSA) is 21.3 Å². The fourth-order valence-electron chi connectivity index (χ4n) is 1.16. The third kappa shape index (κ3) is 3.94. The van der Waals surface area contributed by atoms with Crippen molar-refractivity contribution in [2.75, 3.05) is 13.7 Å². The van der Waals surface area contributed by atoms with Crippen molar-refractivity contribution in [3.8, 4) is 17.6 Å². The van der Waals surface area contributed by atoms with Crippen molar-refractivity contribution >= 4 is 15.9 Å². The Morgan fingerprint density at radius 1 is 1.47 bits per heavy atom. The van der Waals surface area contributed by atoms with Crippen molar-refractivity contribution in [2.24, 2.45) is 0 Å². The summed E-state index contributed by atoms with van der Waals surface area (Å²) in [4.78, 5) is 0. The van der Waals surface area contributed by atoms with E-state index in [4.69, 9.17) is 4.74 Å². The van der Waals surface area contributed by atoms with Gasteiger partial charge in [0.1, 0.15) is 12.4 Å². The number of benzene rings is 1. The van der Waals surface area contributed by atoms with Gasteiger partial charge in [0.2, 0.25) is 0 Å². The molecule has 0 bridgehead atoms. The fourth-order valence-corrected chi connectivity index (χ4v) is 1.55. The maximum atomic E-state index is 5.47. The van der Waals surface area contributed by atoms with Crippen LogP contribution in [0.1, 0.15) is 12.5 Å². The van der Waals surface area contributed by atoms with E-state index in [0.29, 0.717) is 6.61 Å². The zero-order valence-corrected chi connectivity index (χ0v) is 10.5. The lowest BCUT2D eigenvalue weighted by atomic mass is 10.2.